The number of hydrogen-bond donors (Lipinski definition) is 3. The van der Waals surface area contributed by atoms with E-state index in [2.05, 4.69) is 4.98 Å². The molecule has 0 saturated heterocycles. The first kappa shape index (κ1) is 25.0. The summed E-state index contributed by atoms with van der Waals surface area (Å²) in [4.78, 5) is 44.8. The maximum Gasteiger partial charge on any atom is 0.345 e. The fourth-order valence-electron chi connectivity index (χ4n) is 3.80. The maximum absolute atomic E-state index is 11.6. The van der Waals surface area contributed by atoms with Crippen LogP contribution in [0.2, 0.25) is 0 Å². The van der Waals surface area contributed by atoms with Gasteiger partial charge in [-0.05, 0) is 53.6 Å². The number of hydrogen-bond acceptors (Lipinski definition) is 8. The largest absolute Gasteiger partial charge is 0.481 e. The number of carbonyl (C=O) groups is 3. The molecule has 0 unspecified atom stereocenters. The van der Waals surface area contributed by atoms with Crippen LogP contribution < -0.4 is 0 Å². The van der Waals surface area contributed by atoms with Gasteiger partial charge in [-0.15, -0.1) is 45.3 Å². The normalized spacial score (nSPS) is 11.0. The molecular weight excluding hydrogens is 551 g/mol. The predicted octanol–water partition coefficient (Wildman–Crippen LogP) is 6.95. The smallest absolute Gasteiger partial charge is 0.345 e. The second-order valence-electron chi connectivity index (χ2n) is 7.95. The standard InChI is InChI=1S/C26H17NO6S4/c28-22(29)10-14-8-20(13-2-1-7-27-12-13)36-24(14)17-4-5-18(35-17)25-15(11-23(30)31)9-21(37-25)16-3-6-19(34-16)26(32)33/h1-9,12H,10-11H2,(H,28,29)(H,30,31)(H,32,33). The van der Waals surface area contributed by atoms with Crippen LogP contribution >= 0.6 is 45.3 Å². The van der Waals surface area contributed by atoms with Crippen LogP contribution in [0.1, 0.15) is 20.8 Å². The number of aromatic nitrogens is 1. The predicted molar refractivity (Wildman–Crippen MR) is 147 cm³/mol. The summed E-state index contributed by atoms with van der Waals surface area (Å²) in [5.74, 6) is -2.87. The van der Waals surface area contributed by atoms with Gasteiger partial charge in [-0.1, -0.05) is 6.07 Å². The lowest BCUT2D eigenvalue weighted by atomic mass is 10.1. The van der Waals surface area contributed by atoms with E-state index in [1.54, 1.807) is 24.5 Å². The van der Waals surface area contributed by atoms with E-state index in [0.717, 1.165) is 51.0 Å². The average Bonchev–Trinajstić information content (AvgIpc) is 3.64. The van der Waals surface area contributed by atoms with E-state index >= 15 is 0 Å². The Morgan fingerprint density at radius 1 is 0.676 bits per heavy atom. The minimum absolute atomic E-state index is 0.114. The molecule has 0 spiro atoms. The fraction of sp³-hybridized carbons (Fsp3) is 0.0769. The molecular formula is C26H17NO6S4. The molecule has 0 aliphatic carbocycles. The molecule has 11 heteroatoms. The molecule has 5 aromatic heterocycles. The molecule has 5 rings (SSSR count). The highest BCUT2D eigenvalue weighted by molar-refractivity contribution is 7.29. The second-order valence-corrected chi connectivity index (χ2v) is 12.2. The van der Waals surface area contributed by atoms with Crippen LogP contribution in [-0.2, 0) is 22.4 Å². The number of carboxylic acid groups (broad SMARTS) is 3. The van der Waals surface area contributed by atoms with Crippen molar-refractivity contribution in [2.75, 3.05) is 0 Å². The van der Waals surface area contributed by atoms with Crippen molar-refractivity contribution in [3.63, 3.8) is 0 Å². The molecule has 0 atom stereocenters. The first-order chi connectivity index (χ1) is 17.8. The third kappa shape index (κ3) is 5.39. The van der Waals surface area contributed by atoms with Crippen molar-refractivity contribution < 1.29 is 29.7 Å². The molecule has 0 bridgehead atoms. The van der Waals surface area contributed by atoms with Gasteiger partial charge in [0.05, 0.1) is 12.8 Å². The molecule has 0 radical (unpaired) electrons. The molecule has 0 aliphatic heterocycles. The molecule has 0 saturated carbocycles. The van der Waals surface area contributed by atoms with Gasteiger partial charge in [-0.3, -0.25) is 14.6 Å². The topological polar surface area (TPSA) is 125 Å². The summed E-state index contributed by atoms with van der Waals surface area (Å²) in [6, 6.07) is 14.6. The summed E-state index contributed by atoms with van der Waals surface area (Å²) in [5, 5.41) is 28.2. The molecule has 37 heavy (non-hydrogen) atoms. The number of carboxylic acids is 3. The Kier molecular flexibility index (Phi) is 7.02. The van der Waals surface area contributed by atoms with Crippen molar-refractivity contribution in [1.29, 1.82) is 0 Å². The Balaban J connectivity index is 1.55. The Morgan fingerprint density at radius 3 is 1.81 bits per heavy atom. The quantitative estimate of drug-likeness (QED) is 0.176. The summed E-state index contributed by atoms with van der Waals surface area (Å²) in [7, 11) is 0. The zero-order chi connectivity index (χ0) is 26.1. The number of pyridine rings is 1. The molecule has 186 valence electrons. The number of nitrogens with zero attached hydrogens (tertiary/aromatic N) is 1. The summed E-state index contributed by atoms with van der Waals surface area (Å²) in [6.45, 7) is 0. The fourth-order valence-corrected chi connectivity index (χ4v) is 8.38. The lowest BCUT2D eigenvalue weighted by Crippen LogP contribution is -1.99. The van der Waals surface area contributed by atoms with Gasteiger partial charge in [0.2, 0.25) is 0 Å². The summed E-state index contributed by atoms with van der Waals surface area (Å²) in [5.41, 5.74) is 2.27. The van der Waals surface area contributed by atoms with E-state index in [1.165, 1.54) is 34.0 Å². The summed E-state index contributed by atoms with van der Waals surface area (Å²) < 4.78 is 0. The van der Waals surface area contributed by atoms with Gasteiger partial charge < -0.3 is 15.3 Å². The van der Waals surface area contributed by atoms with Gasteiger partial charge >= 0.3 is 17.9 Å². The molecule has 7 nitrogen and oxygen atoms in total. The van der Waals surface area contributed by atoms with Crippen LogP contribution in [0.4, 0.5) is 0 Å². The minimum Gasteiger partial charge on any atom is -0.481 e. The average molecular weight is 568 g/mol. The van der Waals surface area contributed by atoms with Crippen molar-refractivity contribution in [3.8, 4) is 39.7 Å². The van der Waals surface area contributed by atoms with E-state index in [0.29, 0.717) is 11.1 Å². The highest BCUT2D eigenvalue weighted by atomic mass is 32.1. The molecule has 5 aromatic rings. The van der Waals surface area contributed by atoms with Crippen LogP contribution in [0.3, 0.4) is 0 Å². The van der Waals surface area contributed by atoms with Gasteiger partial charge in [0.15, 0.2) is 0 Å². The van der Waals surface area contributed by atoms with E-state index in [1.807, 2.05) is 36.4 Å². The molecule has 0 amide bonds. The third-order valence-corrected chi connectivity index (χ3v) is 10.5. The monoisotopic (exact) mass is 567 g/mol. The van der Waals surface area contributed by atoms with Gasteiger partial charge in [-0.25, -0.2) is 4.79 Å². The summed E-state index contributed by atoms with van der Waals surface area (Å²) in [6.07, 6.45) is 3.15. The molecule has 0 aliphatic rings. The highest BCUT2D eigenvalue weighted by Crippen LogP contribution is 2.47. The van der Waals surface area contributed by atoms with Crippen LogP contribution in [0, 0.1) is 0 Å². The van der Waals surface area contributed by atoms with Crippen LogP contribution in [0.15, 0.2) is 60.9 Å². The zero-order valence-electron chi connectivity index (χ0n) is 18.8. The summed E-state index contributed by atoms with van der Waals surface area (Å²) >= 11 is 5.55. The van der Waals surface area contributed by atoms with E-state index in [9.17, 15) is 29.7 Å². The lowest BCUT2D eigenvalue weighted by Gasteiger charge is -1.99. The van der Waals surface area contributed by atoms with Crippen molar-refractivity contribution in [2.24, 2.45) is 0 Å². The van der Waals surface area contributed by atoms with E-state index < -0.39 is 17.9 Å². The maximum atomic E-state index is 11.6. The Labute approximate surface area is 226 Å². The van der Waals surface area contributed by atoms with E-state index in [4.69, 9.17) is 0 Å². The van der Waals surface area contributed by atoms with Crippen LogP contribution in [0.25, 0.3) is 39.7 Å². The van der Waals surface area contributed by atoms with Crippen molar-refractivity contribution in [2.45, 2.75) is 12.8 Å². The third-order valence-electron chi connectivity index (χ3n) is 5.36. The number of thiophene rings is 4. The van der Waals surface area contributed by atoms with Gasteiger partial charge in [0.1, 0.15) is 4.88 Å². The van der Waals surface area contributed by atoms with Gasteiger partial charge in [0.25, 0.3) is 0 Å². The first-order valence-corrected chi connectivity index (χ1v) is 14.1. The van der Waals surface area contributed by atoms with Gasteiger partial charge in [-0.2, -0.15) is 0 Å². The second kappa shape index (κ2) is 10.4. The minimum atomic E-state index is -1.000. The Hall–Kier alpha value is -3.64. The van der Waals surface area contributed by atoms with Crippen LogP contribution in [-0.4, -0.2) is 38.2 Å². The Bertz CT molecular complexity index is 1630. The molecule has 0 fully saturated rings. The van der Waals surface area contributed by atoms with Crippen molar-refractivity contribution in [3.05, 3.63) is 76.9 Å². The zero-order valence-corrected chi connectivity index (χ0v) is 22.1. The van der Waals surface area contributed by atoms with Crippen molar-refractivity contribution in [1.82, 2.24) is 4.98 Å². The molecule has 3 N–H and O–H groups in total. The highest BCUT2D eigenvalue weighted by Gasteiger charge is 2.21. The number of aromatic carboxylic acids is 1. The molecule has 0 aromatic carbocycles. The number of rotatable bonds is 9. The van der Waals surface area contributed by atoms with E-state index in [-0.39, 0.29) is 17.7 Å². The van der Waals surface area contributed by atoms with Gasteiger partial charge in [0, 0.05) is 52.1 Å². The SMILES string of the molecule is O=C(O)Cc1cc(-c2cccnc2)sc1-c1ccc(-c2sc(-c3ccc(C(=O)O)s3)cc2CC(=O)O)s1. The lowest BCUT2D eigenvalue weighted by molar-refractivity contribution is -0.137. The molecule has 5 heterocycles. The van der Waals surface area contributed by atoms with Crippen LogP contribution in [0.5, 0.6) is 0 Å². The number of aliphatic carboxylic acids is 2. The van der Waals surface area contributed by atoms with Crippen molar-refractivity contribution >= 4 is 63.3 Å². The first-order valence-electron chi connectivity index (χ1n) is 10.8. The Morgan fingerprint density at radius 2 is 1.27 bits per heavy atom.